The Hall–Kier alpha value is -2.37. The predicted octanol–water partition coefficient (Wildman–Crippen LogP) is 1.76. The average molecular weight is 369 g/mol. The molecule has 1 saturated carbocycles. The van der Waals surface area contributed by atoms with Crippen molar-refractivity contribution in [1.82, 2.24) is 14.7 Å². The summed E-state index contributed by atoms with van der Waals surface area (Å²) < 4.78 is 0. The number of likely N-dealkylation sites (tertiary alicyclic amines) is 1. The molecule has 2 aliphatic heterocycles. The molecule has 1 atom stereocenters. The van der Waals surface area contributed by atoms with Crippen LogP contribution in [0.1, 0.15) is 42.5 Å². The molecule has 1 aromatic rings. The van der Waals surface area contributed by atoms with Gasteiger partial charge in [-0.15, -0.1) is 0 Å². The van der Waals surface area contributed by atoms with E-state index < -0.39 is 0 Å². The molecule has 4 rings (SSSR count). The van der Waals surface area contributed by atoms with Crippen molar-refractivity contribution in [3.05, 3.63) is 35.9 Å². The molecule has 0 aromatic heterocycles. The minimum absolute atomic E-state index is 0.0196. The zero-order valence-electron chi connectivity index (χ0n) is 15.7. The number of rotatable bonds is 3. The Labute approximate surface area is 160 Å². The number of benzene rings is 1. The fourth-order valence-corrected chi connectivity index (χ4v) is 4.62. The first kappa shape index (κ1) is 18.0. The van der Waals surface area contributed by atoms with Gasteiger partial charge in [-0.2, -0.15) is 0 Å². The van der Waals surface area contributed by atoms with E-state index in [-0.39, 0.29) is 23.6 Å². The third kappa shape index (κ3) is 3.70. The molecule has 2 saturated heterocycles. The van der Waals surface area contributed by atoms with Crippen molar-refractivity contribution in [3.8, 4) is 0 Å². The molecule has 0 N–H and O–H groups in total. The molecule has 144 valence electrons. The minimum Gasteiger partial charge on any atom is -0.339 e. The van der Waals surface area contributed by atoms with Crippen molar-refractivity contribution < 1.29 is 14.4 Å². The number of hydrogen-bond acceptors (Lipinski definition) is 3. The van der Waals surface area contributed by atoms with E-state index in [0.717, 1.165) is 12.8 Å². The molecule has 1 aliphatic carbocycles. The van der Waals surface area contributed by atoms with Crippen molar-refractivity contribution in [2.24, 2.45) is 5.92 Å². The van der Waals surface area contributed by atoms with Crippen LogP contribution in [0.4, 0.5) is 0 Å². The number of nitrogens with zero attached hydrogens (tertiary/aromatic N) is 3. The van der Waals surface area contributed by atoms with Gasteiger partial charge >= 0.3 is 0 Å². The normalized spacial score (nSPS) is 23.9. The topological polar surface area (TPSA) is 60.9 Å². The van der Waals surface area contributed by atoms with Gasteiger partial charge in [-0.25, -0.2) is 0 Å². The van der Waals surface area contributed by atoms with Gasteiger partial charge in [0.25, 0.3) is 5.91 Å². The van der Waals surface area contributed by atoms with Crippen molar-refractivity contribution in [2.45, 2.75) is 38.1 Å². The summed E-state index contributed by atoms with van der Waals surface area (Å²) in [5.41, 5.74) is 0.686. The highest BCUT2D eigenvalue weighted by atomic mass is 16.2. The first-order valence-corrected chi connectivity index (χ1v) is 10.1. The van der Waals surface area contributed by atoms with Crippen LogP contribution in [0.15, 0.2) is 30.3 Å². The standard InChI is InChI=1S/C21H27N3O3/c25-19-14-17(15-24(19)18-8-4-5-9-18)21(27)23-12-10-22(11-13-23)20(26)16-6-2-1-3-7-16/h1-3,6-7,17-18H,4-5,8-15H2/t17-/m1/s1. The number of carbonyl (C=O) groups is 3. The number of carbonyl (C=O) groups excluding carboxylic acids is 3. The summed E-state index contributed by atoms with van der Waals surface area (Å²) in [5, 5.41) is 0. The highest BCUT2D eigenvalue weighted by Gasteiger charge is 2.40. The van der Waals surface area contributed by atoms with Gasteiger partial charge in [0.05, 0.1) is 5.92 Å². The molecule has 2 heterocycles. The third-order valence-corrected chi connectivity index (χ3v) is 6.17. The SMILES string of the molecule is O=C(c1ccccc1)N1CCN(C(=O)[C@@H]2CC(=O)N(C3CCCC3)C2)CC1. The Balaban J connectivity index is 1.31. The van der Waals surface area contributed by atoms with Gasteiger partial charge in [0.1, 0.15) is 0 Å². The Kier molecular flexibility index (Phi) is 5.14. The second kappa shape index (κ2) is 7.71. The molecule has 0 bridgehead atoms. The van der Waals surface area contributed by atoms with Gasteiger partial charge in [0.2, 0.25) is 11.8 Å². The lowest BCUT2D eigenvalue weighted by molar-refractivity contribution is -0.137. The Morgan fingerprint density at radius 3 is 2.19 bits per heavy atom. The summed E-state index contributed by atoms with van der Waals surface area (Å²) in [6.07, 6.45) is 4.87. The lowest BCUT2D eigenvalue weighted by Crippen LogP contribution is -2.52. The zero-order chi connectivity index (χ0) is 18.8. The van der Waals surface area contributed by atoms with Crippen molar-refractivity contribution >= 4 is 17.7 Å². The minimum atomic E-state index is -0.213. The molecule has 3 amide bonds. The van der Waals surface area contributed by atoms with Crippen LogP contribution < -0.4 is 0 Å². The van der Waals surface area contributed by atoms with Crippen LogP contribution in [0.3, 0.4) is 0 Å². The maximum atomic E-state index is 12.9. The van der Waals surface area contributed by atoms with Gasteiger partial charge in [-0.05, 0) is 25.0 Å². The molecule has 3 fully saturated rings. The fourth-order valence-electron chi connectivity index (χ4n) is 4.62. The van der Waals surface area contributed by atoms with Gasteiger partial charge < -0.3 is 14.7 Å². The molecule has 6 nitrogen and oxygen atoms in total. The highest BCUT2D eigenvalue weighted by Crippen LogP contribution is 2.30. The summed E-state index contributed by atoms with van der Waals surface area (Å²) in [5.74, 6) is 0.0226. The molecular formula is C21H27N3O3. The van der Waals surface area contributed by atoms with Crippen LogP contribution >= 0.6 is 0 Å². The Morgan fingerprint density at radius 2 is 1.52 bits per heavy atom. The zero-order valence-corrected chi connectivity index (χ0v) is 15.7. The van der Waals surface area contributed by atoms with E-state index in [1.807, 2.05) is 45.0 Å². The van der Waals surface area contributed by atoms with E-state index in [2.05, 4.69) is 0 Å². The highest BCUT2D eigenvalue weighted by molar-refractivity contribution is 5.94. The summed E-state index contributed by atoms with van der Waals surface area (Å²) in [4.78, 5) is 43.4. The van der Waals surface area contributed by atoms with Crippen molar-refractivity contribution in [2.75, 3.05) is 32.7 Å². The number of hydrogen-bond donors (Lipinski definition) is 0. The molecule has 0 unspecified atom stereocenters. The summed E-state index contributed by atoms with van der Waals surface area (Å²) >= 11 is 0. The second-order valence-corrected chi connectivity index (χ2v) is 7.87. The summed E-state index contributed by atoms with van der Waals surface area (Å²) in [6.45, 7) is 2.77. The van der Waals surface area contributed by atoms with E-state index >= 15 is 0 Å². The Bertz CT molecular complexity index is 707. The fraction of sp³-hybridized carbons (Fsp3) is 0.571. The lowest BCUT2D eigenvalue weighted by Gasteiger charge is -2.36. The van der Waals surface area contributed by atoms with Crippen LogP contribution in [0.25, 0.3) is 0 Å². The average Bonchev–Trinajstić information content (AvgIpc) is 3.37. The van der Waals surface area contributed by atoms with E-state index in [1.54, 1.807) is 0 Å². The van der Waals surface area contributed by atoms with Gasteiger partial charge in [0.15, 0.2) is 0 Å². The van der Waals surface area contributed by atoms with Crippen LogP contribution in [-0.2, 0) is 9.59 Å². The molecule has 3 aliphatic rings. The van der Waals surface area contributed by atoms with E-state index in [9.17, 15) is 14.4 Å². The Morgan fingerprint density at radius 1 is 0.889 bits per heavy atom. The number of amides is 3. The molecule has 27 heavy (non-hydrogen) atoms. The van der Waals surface area contributed by atoms with Crippen LogP contribution in [0, 0.1) is 5.92 Å². The van der Waals surface area contributed by atoms with Gasteiger partial charge in [0, 0.05) is 50.7 Å². The van der Waals surface area contributed by atoms with Gasteiger partial charge in [-0.1, -0.05) is 31.0 Å². The summed E-state index contributed by atoms with van der Waals surface area (Å²) in [7, 11) is 0. The smallest absolute Gasteiger partial charge is 0.253 e. The first-order valence-electron chi connectivity index (χ1n) is 10.1. The maximum Gasteiger partial charge on any atom is 0.253 e. The lowest BCUT2D eigenvalue weighted by atomic mass is 10.1. The molecule has 1 aromatic carbocycles. The molecule has 0 radical (unpaired) electrons. The number of piperazine rings is 1. The molecule has 6 heteroatoms. The van der Waals surface area contributed by atoms with Crippen LogP contribution in [0.2, 0.25) is 0 Å². The molecular weight excluding hydrogens is 342 g/mol. The van der Waals surface area contributed by atoms with Crippen molar-refractivity contribution in [1.29, 1.82) is 0 Å². The van der Waals surface area contributed by atoms with Crippen LogP contribution in [0.5, 0.6) is 0 Å². The van der Waals surface area contributed by atoms with E-state index in [4.69, 9.17) is 0 Å². The van der Waals surface area contributed by atoms with E-state index in [0.29, 0.717) is 50.7 Å². The largest absolute Gasteiger partial charge is 0.339 e. The monoisotopic (exact) mass is 369 g/mol. The summed E-state index contributed by atoms with van der Waals surface area (Å²) in [6, 6.07) is 9.60. The third-order valence-electron chi connectivity index (χ3n) is 6.17. The second-order valence-electron chi connectivity index (χ2n) is 7.87. The molecule has 0 spiro atoms. The predicted molar refractivity (Wildman–Crippen MR) is 101 cm³/mol. The maximum absolute atomic E-state index is 12.9. The van der Waals surface area contributed by atoms with Gasteiger partial charge in [-0.3, -0.25) is 14.4 Å². The first-order chi connectivity index (χ1) is 13.1. The van der Waals surface area contributed by atoms with E-state index in [1.165, 1.54) is 12.8 Å². The quantitative estimate of drug-likeness (QED) is 0.816. The van der Waals surface area contributed by atoms with Crippen molar-refractivity contribution in [3.63, 3.8) is 0 Å². The van der Waals surface area contributed by atoms with Crippen LogP contribution in [-0.4, -0.2) is 71.2 Å².